The van der Waals surface area contributed by atoms with Crippen LogP contribution in [0.1, 0.15) is 39.0 Å². The van der Waals surface area contributed by atoms with Crippen LogP contribution in [0.25, 0.3) is 0 Å². The first-order chi connectivity index (χ1) is 12.6. The number of carbonyl (C=O) groups excluding carboxylic acids is 1. The standard InChI is InChI=1S/C20H32ClN3O2/c1-17-8-3-5-12-24(17)13-6-4-11-22-20(25)23(2)14-15-26-19-10-7-9-18(21)16-19/h7,9-10,16-17H,3-6,8,11-15H2,1-2H3,(H,22,25). The van der Waals surface area contributed by atoms with E-state index in [0.29, 0.717) is 24.2 Å². The molecule has 1 saturated heterocycles. The molecule has 26 heavy (non-hydrogen) atoms. The van der Waals surface area contributed by atoms with Gasteiger partial charge >= 0.3 is 6.03 Å². The third-order valence-electron chi connectivity index (χ3n) is 4.93. The van der Waals surface area contributed by atoms with Gasteiger partial charge in [0.1, 0.15) is 12.4 Å². The Hall–Kier alpha value is -1.46. The minimum Gasteiger partial charge on any atom is -0.492 e. The van der Waals surface area contributed by atoms with Gasteiger partial charge in [-0.2, -0.15) is 0 Å². The highest BCUT2D eigenvalue weighted by molar-refractivity contribution is 6.30. The van der Waals surface area contributed by atoms with Gasteiger partial charge in [0.05, 0.1) is 6.54 Å². The Morgan fingerprint density at radius 1 is 1.38 bits per heavy atom. The number of nitrogens with one attached hydrogen (secondary N) is 1. The molecule has 5 nitrogen and oxygen atoms in total. The van der Waals surface area contributed by atoms with Crippen molar-refractivity contribution in [3.63, 3.8) is 0 Å². The summed E-state index contributed by atoms with van der Waals surface area (Å²) in [7, 11) is 1.78. The number of piperidine rings is 1. The lowest BCUT2D eigenvalue weighted by Crippen LogP contribution is -2.40. The summed E-state index contributed by atoms with van der Waals surface area (Å²) in [4.78, 5) is 16.3. The van der Waals surface area contributed by atoms with E-state index < -0.39 is 0 Å². The molecule has 1 unspecified atom stereocenters. The molecule has 0 saturated carbocycles. The van der Waals surface area contributed by atoms with E-state index in [-0.39, 0.29) is 6.03 Å². The van der Waals surface area contributed by atoms with E-state index in [1.165, 1.54) is 25.8 Å². The van der Waals surface area contributed by atoms with Crippen LogP contribution < -0.4 is 10.1 Å². The van der Waals surface area contributed by atoms with Crippen molar-refractivity contribution in [1.29, 1.82) is 0 Å². The normalized spacial score (nSPS) is 17.7. The second-order valence-electron chi connectivity index (χ2n) is 7.05. The van der Waals surface area contributed by atoms with E-state index in [2.05, 4.69) is 17.1 Å². The van der Waals surface area contributed by atoms with Gasteiger partial charge in [-0.25, -0.2) is 4.79 Å². The van der Waals surface area contributed by atoms with Crippen LogP contribution in [0.2, 0.25) is 5.02 Å². The number of halogens is 1. The van der Waals surface area contributed by atoms with Crippen molar-refractivity contribution in [2.75, 3.05) is 39.8 Å². The number of unbranched alkanes of at least 4 members (excludes halogenated alkanes) is 1. The number of urea groups is 1. The van der Waals surface area contributed by atoms with Gasteiger partial charge in [-0.3, -0.25) is 0 Å². The van der Waals surface area contributed by atoms with Crippen molar-refractivity contribution in [3.8, 4) is 5.75 Å². The first kappa shape index (κ1) is 20.8. The fraction of sp³-hybridized carbons (Fsp3) is 0.650. The number of nitrogens with zero attached hydrogens (tertiary/aromatic N) is 2. The van der Waals surface area contributed by atoms with Gasteiger partial charge < -0.3 is 19.9 Å². The predicted molar refractivity (Wildman–Crippen MR) is 107 cm³/mol. The highest BCUT2D eigenvalue weighted by Gasteiger charge is 2.17. The Balaban J connectivity index is 1.53. The lowest BCUT2D eigenvalue weighted by Gasteiger charge is -2.33. The molecular weight excluding hydrogens is 350 g/mol. The van der Waals surface area contributed by atoms with E-state index in [4.69, 9.17) is 16.3 Å². The quantitative estimate of drug-likeness (QED) is 0.657. The Bertz CT molecular complexity index is 556. The highest BCUT2D eigenvalue weighted by Crippen LogP contribution is 2.17. The van der Waals surface area contributed by atoms with E-state index in [1.807, 2.05) is 12.1 Å². The molecule has 2 amide bonds. The molecule has 146 valence electrons. The maximum Gasteiger partial charge on any atom is 0.317 e. The zero-order valence-corrected chi connectivity index (χ0v) is 16.8. The van der Waals surface area contributed by atoms with Crippen molar-refractivity contribution in [1.82, 2.24) is 15.1 Å². The SMILES string of the molecule is CC1CCCCN1CCCCNC(=O)N(C)CCOc1cccc(Cl)c1. The summed E-state index contributed by atoms with van der Waals surface area (Å²) in [5.74, 6) is 0.721. The van der Waals surface area contributed by atoms with Crippen LogP contribution in [0.3, 0.4) is 0 Å². The fourth-order valence-corrected chi connectivity index (χ4v) is 3.40. The first-order valence-corrected chi connectivity index (χ1v) is 10.1. The third-order valence-corrected chi connectivity index (χ3v) is 5.16. The van der Waals surface area contributed by atoms with Crippen molar-refractivity contribution in [3.05, 3.63) is 29.3 Å². The van der Waals surface area contributed by atoms with Gasteiger partial charge in [-0.15, -0.1) is 0 Å². The van der Waals surface area contributed by atoms with Crippen LogP contribution in [-0.4, -0.2) is 61.7 Å². The summed E-state index contributed by atoms with van der Waals surface area (Å²) in [6.07, 6.45) is 6.15. The Morgan fingerprint density at radius 2 is 2.23 bits per heavy atom. The summed E-state index contributed by atoms with van der Waals surface area (Å²) in [5.41, 5.74) is 0. The number of likely N-dealkylation sites (N-methyl/N-ethyl adjacent to an activating group) is 1. The van der Waals surface area contributed by atoms with Crippen molar-refractivity contribution >= 4 is 17.6 Å². The lowest BCUT2D eigenvalue weighted by molar-refractivity contribution is 0.157. The first-order valence-electron chi connectivity index (χ1n) is 9.67. The average Bonchev–Trinajstić information content (AvgIpc) is 2.62. The molecule has 1 heterocycles. The maximum absolute atomic E-state index is 12.1. The van der Waals surface area contributed by atoms with Gasteiger partial charge in [0.15, 0.2) is 0 Å². The lowest BCUT2D eigenvalue weighted by atomic mass is 10.0. The second-order valence-corrected chi connectivity index (χ2v) is 7.48. The van der Waals surface area contributed by atoms with Crippen LogP contribution in [0.4, 0.5) is 4.79 Å². The molecule has 0 bridgehead atoms. The minimum atomic E-state index is -0.0500. The Labute approximate surface area is 162 Å². The van der Waals surface area contributed by atoms with Crippen molar-refractivity contribution in [2.24, 2.45) is 0 Å². The van der Waals surface area contributed by atoms with Crippen LogP contribution in [0.5, 0.6) is 5.75 Å². The summed E-state index contributed by atoms with van der Waals surface area (Å²) in [5, 5.41) is 3.63. The Morgan fingerprint density at radius 3 is 3.00 bits per heavy atom. The molecule has 0 radical (unpaired) electrons. The second kappa shape index (κ2) is 11.3. The number of benzene rings is 1. The number of hydrogen-bond donors (Lipinski definition) is 1. The number of rotatable bonds is 9. The van der Waals surface area contributed by atoms with Gasteiger partial charge in [0, 0.05) is 24.7 Å². The van der Waals surface area contributed by atoms with E-state index >= 15 is 0 Å². The molecule has 1 aromatic carbocycles. The van der Waals surface area contributed by atoms with E-state index in [0.717, 1.165) is 31.7 Å². The maximum atomic E-state index is 12.1. The number of hydrogen-bond acceptors (Lipinski definition) is 3. The number of likely N-dealkylation sites (tertiary alicyclic amines) is 1. The zero-order chi connectivity index (χ0) is 18.8. The van der Waals surface area contributed by atoms with Gasteiger partial charge in [-0.05, 0) is 63.9 Å². The smallest absolute Gasteiger partial charge is 0.317 e. The monoisotopic (exact) mass is 381 g/mol. The van der Waals surface area contributed by atoms with Crippen molar-refractivity contribution in [2.45, 2.75) is 45.1 Å². The van der Waals surface area contributed by atoms with E-state index in [1.54, 1.807) is 24.1 Å². The minimum absolute atomic E-state index is 0.0500. The number of amides is 2. The third kappa shape index (κ3) is 7.42. The summed E-state index contributed by atoms with van der Waals surface area (Å²) in [6, 6.07) is 7.94. The van der Waals surface area contributed by atoms with Crippen LogP contribution in [0, 0.1) is 0 Å². The summed E-state index contributed by atoms with van der Waals surface area (Å²) < 4.78 is 5.62. The molecule has 1 fully saturated rings. The largest absolute Gasteiger partial charge is 0.492 e. The Kier molecular flexibility index (Phi) is 9.06. The molecule has 6 heteroatoms. The van der Waals surface area contributed by atoms with Crippen molar-refractivity contribution < 1.29 is 9.53 Å². The molecule has 1 atom stereocenters. The topological polar surface area (TPSA) is 44.8 Å². The van der Waals surface area contributed by atoms with Crippen LogP contribution in [-0.2, 0) is 0 Å². The summed E-state index contributed by atoms with van der Waals surface area (Å²) in [6.45, 7) is 6.38. The van der Waals surface area contributed by atoms with Gasteiger partial charge in [-0.1, -0.05) is 24.1 Å². The number of ether oxygens (including phenoxy) is 1. The predicted octanol–water partition coefficient (Wildman–Crippen LogP) is 4.01. The molecule has 1 N–H and O–H groups in total. The van der Waals surface area contributed by atoms with Gasteiger partial charge in [0.25, 0.3) is 0 Å². The molecule has 2 rings (SSSR count). The molecule has 0 aliphatic carbocycles. The number of carbonyl (C=O) groups is 1. The molecule has 0 spiro atoms. The zero-order valence-electron chi connectivity index (χ0n) is 16.0. The van der Waals surface area contributed by atoms with Crippen LogP contribution >= 0.6 is 11.6 Å². The van der Waals surface area contributed by atoms with Crippen LogP contribution in [0.15, 0.2) is 24.3 Å². The molecule has 0 aromatic heterocycles. The summed E-state index contributed by atoms with van der Waals surface area (Å²) >= 11 is 5.92. The molecular formula is C20H32ClN3O2. The highest BCUT2D eigenvalue weighted by atomic mass is 35.5. The molecule has 1 aromatic rings. The molecule has 1 aliphatic rings. The fourth-order valence-electron chi connectivity index (χ4n) is 3.22. The van der Waals surface area contributed by atoms with Gasteiger partial charge in [0.2, 0.25) is 0 Å². The van der Waals surface area contributed by atoms with E-state index in [9.17, 15) is 4.79 Å². The average molecular weight is 382 g/mol. The molecule has 1 aliphatic heterocycles.